The lowest BCUT2D eigenvalue weighted by molar-refractivity contribution is 0.00205. The first-order valence-electron chi connectivity index (χ1n) is 9.77. The molecule has 176 valence electrons. The van der Waals surface area contributed by atoms with Crippen LogP contribution in [0.5, 0.6) is 0 Å². The van der Waals surface area contributed by atoms with Crippen molar-refractivity contribution in [1.29, 1.82) is 0 Å². The molecule has 0 saturated carbocycles. The molecule has 0 bridgehead atoms. The van der Waals surface area contributed by atoms with Crippen LogP contribution in [-0.2, 0) is 33.2 Å². The maximum absolute atomic E-state index is 12.2. The van der Waals surface area contributed by atoms with Gasteiger partial charge in [0.2, 0.25) is 0 Å². The SMILES string of the molecule is C.Cc1ccc(S(=O)(=O)O[C@H]2CO[C@H]3[C@@H]2OC[C@H]3O)cc1.O[C@@H]1CO[C@H]2[C@@H]1OC[C@@H]2O. The highest BCUT2D eigenvalue weighted by molar-refractivity contribution is 7.86. The Hall–Kier alpha value is -1.15. The predicted molar refractivity (Wildman–Crippen MR) is 107 cm³/mol. The van der Waals surface area contributed by atoms with Gasteiger partial charge in [-0.3, -0.25) is 4.18 Å². The largest absolute Gasteiger partial charge is 0.388 e. The van der Waals surface area contributed by atoms with E-state index in [4.69, 9.17) is 33.3 Å². The highest BCUT2D eigenvalue weighted by Gasteiger charge is 2.49. The van der Waals surface area contributed by atoms with Crippen molar-refractivity contribution >= 4 is 10.1 Å². The molecule has 4 fully saturated rings. The van der Waals surface area contributed by atoms with Gasteiger partial charge < -0.3 is 34.3 Å². The van der Waals surface area contributed by atoms with Crippen LogP contribution in [0, 0.1) is 6.92 Å². The van der Waals surface area contributed by atoms with Crippen molar-refractivity contribution in [2.24, 2.45) is 0 Å². The summed E-state index contributed by atoms with van der Waals surface area (Å²) < 4.78 is 50.4. The lowest BCUT2D eigenvalue weighted by Crippen LogP contribution is -2.34. The van der Waals surface area contributed by atoms with Crippen molar-refractivity contribution in [3.8, 4) is 0 Å². The highest BCUT2D eigenvalue weighted by Crippen LogP contribution is 2.31. The first kappa shape index (κ1) is 24.5. The van der Waals surface area contributed by atoms with Gasteiger partial charge in [0.15, 0.2) is 0 Å². The summed E-state index contributed by atoms with van der Waals surface area (Å²) >= 11 is 0. The summed E-state index contributed by atoms with van der Waals surface area (Å²) in [6, 6.07) is 6.42. The third-order valence-corrected chi connectivity index (χ3v) is 6.89. The second kappa shape index (κ2) is 9.77. The maximum atomic E-state index is 12.2. The van der Waals surface area contributed by atoms with E-state index in [1.54, 1.807) is 12.1 Å². The van der Waals surface area contributed by atoms with E-state index in [1.807, 2.05) is 6.92 Å². The zero-order chi connectivity index (χ0) is 21.5. The van der Waals surface area contributed by atoms with Crippen molar-refractivity contribution < 1.29 is 46.9 Å². The standard InChI is InChI=1S/C13H16O6S.C6H10O4.CH4/c1-8-2-4-9(5-3-8)20(15,16)19-11-7-18-12-10(14)6-17-13(11)12;7-3-1-9-6-4(8)2-10-5(3)6;/h2-5,10-14H,6-7H2,1H3;3-8H,1-2H2;1H4/t10-,11+,12-,13-;3-,4+,5-,6-;/m11./s1. The smallest absolute Gasteiger partial charge is 0.297 e. The van der Waals surface area contributed by atoms with Gasteiger partial charge >= 0.3 is 0 Å². The summed E-state index contributed by atoms with van der Waals surface area (Å²) in [5.41, 5.74) is 0.968. The maximum Gasteiger partial charge on any atom is 0.297 e. The normalized spacial score (nSPS) is 38.7. The molecule has 0 spiro atoms. The molecule has 4 heterocycles. The second-order valence-corrected chi connectivity index (χ2v) is 9.37. The van der Waals surface area contributed by atoms with Crippen LogP contribution < -0.4 is 0 Å². The summed E-state index contributed by atoms with van der Waals surface area (Å²) in [6.45, 7) is 2.68. The monoisotopic (exact) mass is 462 g/mol. The van der Waals surface area contributed by atoms with E-state index in [1.165, 1.54) is 12.1 Å². The fraction of sp³-hybridized carbons (Fsp3) is 0.700. The Morgan fingerprint density at radius 3 is 1.71 bits per heavy atom. The molecule has 0 radical (unpaired) electrons. The molecule has 0 amide bonds. The number of ether oxygens (including phenoxy) is 4. The molecule has 4 saturated heterocycles. The Kier molecular flexibility index (Phi) is 7.72. The number of fused-ring (bicyclic) bond motifs is 2. The quantitative estimate of drug-likeness (QED) is 0.497. The summed E-state index contributed by atoms with van der Waals surface area (Å²) in [5, 5.41) is 27.9. The molecule has 10 nitrogen and oxygen atoms in total. The van der Waals surface area contributed by atoms with Crippen LogP contribution in [0.2, 0.25) is 0 Å². The number of aryl methyl sites for hydroxylation is 1. The predicted octanol–water partition coefficient (Wildman–Crippen LogP) is -0.631. The Morgan fingerprint density at radius 2 is 1.19 bits per heavy atom. The third kappa shape index (κ3) is 5.10. The minimum absolute atomic E-state index is 0. The van der Waals surface area contributed by atoms with Crippen molar-refractivity contribution in [2.45, 2.75) is 68.1 Å². The zero-order valence-electron chi connectivity index (χ0n) is 16.4. The van der Waals surface area contributed by atoms with Crippen LogP contribution in [0.1, 0.15) is 13.0 Å². The number of aliphatic hydroxyl groups excluding tert-OH is 3. The lowest BCUT2D eigenvalue weighted by atomic mass is 10.1. The number of aliphatic hydroxyl groups is 3. The Morgan fingerprint density at radius 1 is 0.774 bits per heavy atom. The molecule has 31 heavy (non-hydrogen) atoms. The summed E-state index contributed by atoms with van der Waals surface area (Å²) in [5.74, 6) is 0. The van der Waals surface area contributed by atoms with Gasteiger partial charge in [-0.2, -0.15) is 8.42 Å². The molecule has 0 aliphatic carbocycles. The summed E-state index contributed by atoms with van der Waals surface area (Å²) in [4.78, 5) is 0.102. The Balaban J connectivity index is 0.000000208. The van der Waals surface area contributed by atoms with Gasteiger partial charge in [-0.25, -0.2) is 0 Å². The molecular formula is C20H30O10S. The second-order valence-electron chi connectivity index (χ2n) is 7.80. The average molecular weight is 463 g/mol. The first-order valence-corrected chi connectivity index (χ1v) is 11.2. The first-order chi connectivity index (χ1) is 14.3. The molecule has 0 aromatic heterocycles. The fourth-order valence-electron chi connectivity index (χ4n) is 3.91. The molecule has 1 aromatic rings. The fourth-order valence-corrected chi connectivity index (χ4v) is 4.98. The molecule has 3 N–H and O–H groups in total. The molecular weight excluding hydrogens is 432 g/mol. The molecule has 4 aliphatic rings. The number of rotatable bonds is 3. The topological polar surface area (TPSA) is 141 Å². The van der Waals surface area contributed by atoms with E-state index in [0.717, 1.165) is 5.56 Å². The zero-order valence-corrected chi connectivity index (χ0v) is 17.2. The minimum Gasteiger partial charge on any atom is -0.388 e. The van der Waals surface area contributed by atoms with E-state index >= 15 is 0 Å². The van der Waals surface area contributed by atoms with Gasteiger partial charge in [0.05, 0.1) is 31.3 Å². The van der Waals surface area contributed by atoms with Gasteiger partial charge in [0, 0.05) is 0 Å². The van der Waals surface area contributed by atoms with Crippen LogP contribution in [0.15, 0.2) is 29.2 Å². The third-order valence-electron chi connectivity index (χ3n) is 5.54. The summed E-state index contributed by atoms with van der Waals surface area (Å²) in [7, 11) is -3.86. The Labute approximate surface area is 181 Å². The van der Waals surface area contributed by atoms with Gasteiger partial charge in [0.1, 0.15) is 48.8 Å². The van der Waals surface area contributed by atoms with Crippen molar-refractivity contribution in [3.63, 3.8) is 0 Å². The minimum atomic E-state index is -3.86. The number of benzene rings is 1. The van der Waals surface area contributed by atoms with Crippen LogP contribution >= 0.6 is 0 Å². The highest BCUT2D eigenvalue weighted by atomic mass is 32.2. The molecule has 0 unspecified atom stereocenters. The van der Waals surface area contributed by atoms with E-state index in [9.17, 15) is 13.5 Å². The van der Waals surface area contributed by atoms with Gasteiger partial charge in [-0.15, -0.1) is 0 Å². The molecule has 1 aromatic carbocycles. The summed E-state index contributed by atoms with van der Waals surface area (Å²) in [6.07, 6.45) is -4.19. The molecule has 5 rings (SSSR count). The Bertz CT molecular complexity index is 813. The molecule has 11 heteroatoms. The van der Waals surface area contributed by atoms with E-state index in [-0.39, 0.29) is 51.0 Å². The van der Waals surface area contributed by atoms with Crippen LogP contribution in [-0.4, -0.2) is 99.0 Å². The van der Waals surface area contributed by atoms with Crippen LogP contribution in [0.4, 0.5) is 0 Å². The molecule has 8 atom stereocenters. The van der Waals surface area contributed by atoms with E-state index < -0.39 is 46.7 Å². The lowest BCUT2D eigenvalue weighted by Gasteiger charge is -2.16. The number of hydrogen-bond acceptors (Lipinski definition) is 10. The van der Waals surface area contributed by atoms with Crippen LogP contribution in [0.25, 0.3) is 0 Å². The van der Waals surface area contributed by atoms with Gasteiger partial charge in [-0.1, -0.05) is 25.1 Å². The van der Waals surface area contributed by atoms with E-state index in [2.05, 4.69) is 0 Å². The van der Waals surface area contributed by atoms with Gasteiger partial charge in [-0.05, 0) is 19.1 Å². The number of hydrogen-bond donors (Lipinski definition) is 3. The van der Waals surface area contributed by atoms with Crippen molar-refractivity contribution in [2.75, 3.05) is 26.4 Å². The van der Waals surface area contributed by atoms with Gasteiger partial charge in [0.25, 0.3) is 10.1 Å². The van der Waals surface area contributed by atoms with E-state index in [0.29, 0.717) is 0 Å². The average Bonchev–Trinajstić information content (AvgIpc) is 3.45. The molecule has 4 aliphatic heterocycles. The van der Waals surface area contributed by atoms with Crippen LogP contribution in [0.3, 0.4) is 0 Å². The van der Waals surface area contributed by atoms with Crippen molar-refractivity contribution in [3.05, 3.63) is 29.8 Å². The van der Waals surface area contributed by atoms with Crippen molar-refractivity contribution in [1.82, 2.24) is 0 Å².